The van der Waals surface area contributed by atoms with E-state index in [1.165, 1.54) is 19.3 Å². The van der Waals surface area contributed by atoms with E-state index in [9.17, 15) is 9.90 Å². The quantitative estimate of drug-likeness (QED) is 0.497. The van der Waals surface area contributed by atoms with Crippen molar-refractivity contribution in [2.45, 2.75) is 39.2 Å². The number of rotatable bonds is 6. The van der Waals surface area contributed by atoms with E-state index >= 15 is 0 Å². The van der Waals surface area contributed by atoms with E-state index in [1.807, 2.05) is 12.1 Å². The Hall–Kier alpha value is -2.95. The summed E-state index contributed by atoms with van der Waals surface area (Å²) in [7, 11) is 0. The number of aromatic carboxylic acids is 1. The summed E-state index contributed by atoms with van der Waals surface area (Å²) >= 11 is 0. The Morgan fingerprint density at radius 1 is 1.04 bits per heavy atom. The van der Waals surface area contributed by atoms with Gasteiger partial charge in [-0.3, -0.25) is 0 Å². The van der Waals surface area contributed by atoms with E-state index in [1.54, 1.807) is 18.2 Å². The Morgan fingerprint density at radius 2 is 1.88 bits per heavy atom. The van der Waals surface area contributed by atoms with Crippen LogP contribution in [0.2, 0.25) is 0 Å². The van der Waals surface area contributed by atoms with Crippen molar-refractivity contribution in [2.75, 3.05) is 0 Å². The molecule has 0 aliphatic heterocycles. The first-order valence-electron chi connectivity index (χ1n) is 9.11. The zero-order valence-corrected chi connectivity index (χ0v) is 14.8. The van der Waals surface area contributed by atoms with Gasteiger partial charge in [0.05, 0.1) is 22.1 Å². The molecule has 1 N–H and O–H groups in total. The van der Waals surface area contributed by atoms with E-state index in [0.29, 0.717) is 5.52 Å². The first kappa shape index (κ1) is 16.5. The lowest BCUT2D eigenvalue weighted by Gasteiger charge is -2.07. The number of aromatic nitrogens is 3. The molecule has 132 valence electrons. The Kier molecular flexibility index (Phi) is 4.29. The van der Waals surface area contributed by atoms with Crippen molar-refractivity contribution >= 4 is 39.1 Å². The van der Waals surface area contributed by atoms with Crippen molar-refractivity contribution in [3.05, 3.63) is 48.0 Å². The van der Waals surface area contributed by atoms with Gasteiger partial charge >= 0.3 is 5.97 Å². The van der Waals surface area contributed by atoms with Crippen molar-refractivity contribution in [3.8, 4) is 0 Å². The van der Waals surface area contributed by atoms with Crippen molar-refractivity contribution in [1.82, 2.24) is 14.5 Å². The molecule has 0 atom stereocenters. The van der Waals surface area contributed by atoms with Crippen molar-refractivity contribution in [3.63, 3.8) is 0 Å². The Labute approximate surface area is 151 Å². The van der Waals surface area contributed by atoms with Crippen LogP contribution in [0.4, 0.5) is 0 Å². The second kappa shape index (κ2) is 6.75. The van der Waals surface area contributed by atoms with Gasteiger partial charge in [0.1, 0.15) is 5.52 Å². The monoisotopic (exact) mass is 347 g/mol. The number of fused-ring (bicyclic) bond motifs is 4. The molecule has 0 spiro atoms. The molecule has 0 aliphatic carbocycles. The molecule has 4 rings (SSSR count). The molecular weight excluding hydrogens is 326 g/mol. The summed E-state index contributed by atoms with van der Waals surface area (Å²) < 4.78 is 2.22. The van der Waals surface area contributed by atoms with Crippen LogP contribution in [0, 0.1) is 0 Å². The average Bonchev–Trinajstić information content (AvgIpc) is 2.96. The molecule has 0 unspecified atom stereocenters. The fourth-order valence-corrected chi connectivity index (χ4v) is 3.49. The predicted octanol–water partition coefficient (Wildman–Crippen LogP) is 5.02. The highest BCUT2D eigenvalue weighted by atomic mass is 16.4. The van der Waals surface area contributed by atoms with Gasteiger partial charge in [-0.2, -0.15) is 0 Å². The molecule has 2 aromatic carbocycles. The second-order valence-electron chi connectivity index (χ2n) is 6.63. The molecular formula is C21H21N3O2. The van der Waals surface area contributed by atoms with E-state index in [4.69, 9.17) is 9.97 Å². The average molecular weight is 347 g/mol. The van der Waals surface area contributed by atoms with Crippen LogP contribution in [0.1, 0.15) is 43.0 Å². The number of hydrogen-bond donors (Lipinski definition) is 1. The third kappa shape index (κ3) is 2.79. The van der Waals surface area contributed by atoms with Crippen molar-refractivity contribution in [1.29, 1.82) is 0 Å². The zero-order valence-electron chi connectivity index (χ0n) is 14.8. The molecule has 2 heterocycles. The van der Waals surface area contributed by atoms with Crippen LogP contribution in [0.3, 0.4) is 0 Å². The Balaban J connectivity index is 1.91. The largest absolute Gasteiger partial charge is 0.478 e. The molecule has 26 heavy (non-hydrogen) atoms. The Morgan fingerprint density at radius 3 is 2.69 bits per heavy atom. The van der Waals surface area contributed by atoms with Gasteiger partial charge in [0, 0.05) is 11.9 Å². The van der Waals surface area contributed by atoms with Crippen LogP contribution in [-0.2, 0) is 6.54 Å². The number of hydrogen-bond acceptors (Lipinski definition) is 3. The van der Waals surface area contributed by atoms with Crippen LogP contribution in [-0.4, -0.2) is 25.6 Å². The van der Waals surface area contributed by atoms with Gasteiger partial charge in [-0.05, 0) is 30.7 Å². The van der Waals surface area contributed by atoms with Crippen molar-refractivity contribution < 1.29 is 9.90 Å². The third-order valence-electron chi connectivity index (χ3n) is 4.83. The van der Waals surface area contributed by atoms with E-state index in [-0.39, 0.29) is 5.56 Å². The van der Waals surface area contributed by atoms with Gasteiger partial charge in [-0.15, -0.1) is 0 Å². The molecule has 2 aromatic heterocycles. The maximum Gasteiger partial charge on any atom is 0.335 e. The summed E-state index contributed by atoms with van der Waals surface area (Å²) in [6.45, 7) is 3.10. The Bertz CT molecular complexity index is 1110. The maximum atomic E-state index is 11.3. The van der Waals surface area contributed by atoms with Gasteiger partial charge in [0.25, 0.3) is 0 Å². The minimum atomic E-state index is -0.950. The molecule has 0 fully saturated rings. The number of carboxylic acid groups (broad SMARTS) is 1. The molecule has 5 heteroatoms. The van der Waals surface area contributed by atoms with Gasteiger partial charge in [-0.25, -0.2) is 14.8 Å². The van der Waals surface area contributed by atoms with Gasteiger partial charge in [0.2, 0.25) is 0 Å². The number of aryl methyl sites for hydroxylation is 1. The van der Waals surface area contributed by atoms with E-state index in [2.05, 4.69) is 23.6 Å². The molecule has 0 bridgehead atoms. The van der Waals surface area contributed by atoms with Gasteiger partial charge < -0.3 is 9.67 Å². The molecule has 4 aromatic rings. The van der Waals surface area contributed by atoms with Crippen LogP contribution in [0.25, 0.3) is 33.1 Å². The fraction of sp³-hybridized carbons (Fsp3) is 0.286. The fourth-order valence-electron chi connectivity index (χ4n) is 3.49. The predicted molar refractivity (Wildman–Crippen MR) is 104 cm³/mol. The van der Waals surface area contributed by atoms with E-state index in [0.717, 1.165) is 40.5 Å². The summed E-state index contributed by atoms with van der Waals surface area (Å²) in [4.78, 5) is 20.9. The number of nitrogens with zero attached hydrogens (tertiary/aromatic N) is 3. The number of unbranched alkanes of at least 4 members (excludes halogenated alkanes) is 3. The minimum absolute atomic E-state index is 0.233. The lowest BCUT2D eigenvalue weighted by Crippen LogP contribution is -2.01. The maximum absolute atomic E-state index is 11.3. The van der Waals surface area contributed by atoms with Gasteiger partial charge in [0.15, 0.2) is 5.65 Å². The number of carbonyl (C=O) groups is 1. The first-order valence-corrected chi connectivity index (χ1v) is 9.11. The summed E-state index contributed by atoms with van der Waals surface area (Å²) in [6, 6.07) is 13.1. The second-order valence-corrected chi connectivity index (χ2v) is 6.63. The lowest BCUT2D eigenvalue weighted by atomic mass is 10.2. The van der Waals surface area contributed by atoms with Crippen LogP contribution in [0.15, 0.2) is 42.5 Å². The number of benzene rings is 2. The SMILES string of the molecule is CCCCCCn1c2ccccc2c2nc3ccc(C(=O)O)cc3nc21. The zero-order chi connectivity index (χ0) is 18.1. The molecule has 0 amide bonds. The standard InChI is InChI=1S/C21H21N3O2/c1-2-3-4-7-12-24-18-9-6-5-8-15(18)19-20(24)23-17-13-14(21(25)26)10-11-16(17)22-19/h5-6,8-11,13H,2-4,7,12H2,1H3,(H,25,26). The summed E-state index contributed by atoms with van der Waals surface area (Å²) in [6.07, 6.45) is 4.72. The summed E-state index contributed by atoms with van der Waals surface area (Å²) in [5.74, 6) is -0.950. The highest BCUT2D eigenvalue weighted by Gasteiger charge is 2.15. The van der Waals surface area contributed by atoms with Crippen LogP contribution in [0.5, 0.6) is 0 Å². The summed E-state index contributed by atoms with van der Waals surface area (Å²) in [5.41, 5.74) is 4.42. The first-order chi connectivity index (χ1) is 12.7. The number of para-hydroxylation sites is 1. The highest BCUT2D eigenvalue weighted by molar-refractivity contribution is 6.06. The molecule has 5 nitrogen and oxygen atoms in total. The molecule has 0 saturated heterocycles. The third-order valence-corrected chi connectivity index (χ3v) is 4.83. The molecule has 0 aliphatic rings. The molecule has 0 saturated carbocycles. The topological polar surface area (TPSA) is 68.0 Å². The summed E-state index contributed by atoms with van der Waals surface area (Å²) in [5, 5.41) is 10.3. The van der Waals surface area contributed by atoms with Crippen LogP contribution < -0.4 is 0 Å². The molecule has 0 radical (unpaired) electrons. The minimum Gasteiger partial charge on any atom is -0.478 e. The van der Waals surface area contributed by atoms with Gasteiger partial charge in [-0.1, -0.05) is 44.4 Å². The lowest BCUT2D eigenvalue weighted by molar-refractivity contribution is 0.0697. The van der Waals surface area contributed by atoms with Crippen molar-refractivity contribution in [2.24, 2.45) is 0 Å². The van der Waals surface area contributed by atoms with Crippen LogP contribution >= 0.6 is 0 Å². The smallest absolute Gasteiger partial charge is 0.335 e. The van der Waals surface area contributed by atoms with E-state index < -0.39 is 5.97 Å². The highest BCUT2D eigenvalue weighted by Crippen LogP contribution is 2.29. The normalized spacial score (nSPS) is 11.6. The number of carboxylic acids is 1.